The van der Waals surface area contributed by atoms with E-state index in [2.05, 4.69) is 11.2 Å². The molecule has 0 radical (unpaired) electrons. The van der Waals surface area contributed by atoms with Gasteiger partial charge in [0.05, 0.1) is 11.4 Å². The Bertz CT molecular complexity index is 785. The molecule has 3 aromatic rings. The lowest BCUT2D eigenvalue weighted by Gasteiger charge is -2.06. The molecule has 0 spiro atoms. The lowest BCUT2D eigenvalue weighted by Crippen LogP contribution is -2.02. The SMILES string of the molecule is Cc1cc(C)cc(-n2nc(-c3cccc(F)c3)cc2N)c1. The molecule has 1 heterocycles. The highest BCUT2D eigenvalue weighted by atomic mass is 19.1. The van der Waals surface area contributed by atoms with Crippen LogP contribution < -0.4 is 5.73 Å². The van der Waals surface area contributed by atoms with Gasteiger partial charge in [0.25, 0.3) is 0 Å². The van der Waals surface area contributed by atoms with Crippen molar-refractivity contribution in [3.05, 3.63) is 65.5 Å². The summed E-state index contributed by atoms with van der Waals surface area (Å²) in [5, 5.41) is 4.50. The van der Waals surface area contributed by atoms with Crippen molar-refractivity contribution >= 4 is 5.82 Å². The van der Waals surface area contributed by atoms with Gasteiger partial charge >= 0.3 is 0 Å². The van der Waals surface area contributed by atoms with Crippen molar-refractivity contribution in [1.82, 2.24) is 9.78 Å². The predicted octanol–water partition coefficient (Wildman–Crippen LogP) is 3.88. The number of nitrogen functional groups attached to an aromatic ring is 1. The van der Waals surface area contributed by atoms with Gasteiger partial charge in [-0.2, -0.15) is 5.10 Å². The molecule has 2 aromatic carbocycles. The van der Waals surface area contributed by atoms with Crippen LogP contribution in [0.25, 0.3) is 16.9 Å². The zero-order valence-electron chi connectivity index (χ0n) is 12.0. The number of benzene rings is 2. The van der Waals surface area contributed by atoms with Crippen molar-refractivity contribution < 1.29 is 4.39 Å². The molecule has 3 nitrogen and oxygen atoms in total. The van der Waals surface area contributed by atoms with Gasteiger partial charge in [-0.15, -0.1) is 0 Å². The number of hydrogen-bond donors (Lipinski definition) is 1. The molecule has 21 heavy (non-hydrogen) atoms. The number of halogens is 1. The molecular formula is C17H16FN3. The van der Waals surface area contributed by atoms with E-state index >= 15 is 0 Å². The maximum atomic E-state index is 13.3. The van der Waals surface area contributed by atoms with E-state index in [1.165, 1.54) is 12.1 Å². The summed E-state index contributed by atoms with van der Waals surface area (Å²) in [6, 6.07) is 14.2. The minimum absolute atomic E-state index is 0.285. The van der Waals surface area contributed by atoms with Gasteiger partial charge < -0.3 is 5.73 Å². The van der Waals surface area contributed by atoms with Crippen molar-refractivity contribution in [3.8, 4) is 16.9 Å². The number of nitrogens with two attached hydrogens (primary N) is 1. The average molecular weight is 281 g/mol. The van der Waals surface area contributed by atoms with Crippen molar-refractivity contribution in [2.24, 2.45) is 0 Å². The zero-order chi connectivity index (χ0) is 15.0. The summed E-state index contributed by atoms with van der Waals surface area (Å²) in [5.41, 5.74) is 10.6. The second-order valence-electron chi connectivity index (χ2n) is 5.22. The molecule has 0 saturated carbocycles. The quantitative estimate of drug-likeness (QED) is 0.774. The molecule has 3 rings (SSSR count). The van der Waals surface area contributed by atoms with Crippen LogP contribution in [0.4, 0.5) is 10.2 Å². The van der Waals surface area contributed by atoms with Crippen molar-refractivity contribution in [2.45, 2.75) is 13.8 Å². The number of hydrogen-bond acceptors (Lipinski definition) is 2. The Kier molecular flexibility index (Phi) is 3.22. The summed E-state index contributed by atoms with van der Waals surface area (Å²) in [6.07, 6.45) is 0. The van der Waals surface area contributed by atoms with E-state index in [0.717, 1.165) is 16.8 Å². The smallest absolute Gasteiger partial charge is 0.127 e. The van der Waals surface area contributed by atoms with Crippen LogP contribution in [0.3, 0.4) is 0 Å². The molecule has 0 bridgehead atoms. The van der Waals surface area contributed by atoms with Gasteiger partial charge in [-0.05, 0) is 49.2 Å². The van der Waals surface area contributed by atoms with E-state index in [-0.39, 0.29) is 5.82 Å². The highest BCUT2D eigenvalue weighted by Crippen LogP contribution is 2.24. The van der Waals surface area contributed by atoms with Gasteiger partial charge in [0.15, 0.2) is 0 Å². The Hall–Kier alpha value is -2.62. The number of aryl methyl sites for hydroxylation is 2. The highest BCUT2D eigenvalue weighted by Gasteiger charge is 2.10. The molecule has 0 aliphatic carbocycles. The topological polar surface area (TPSA) is 43.8 Å². The first-order chi connectivity index (χ1) is 10.0. The van der Waals surface area contributed by atoms with Gasteiger partial charge in [-0.1, -0.05) is 18.2 Å². The molecule has 0 amide bonds. The van der Waals surface area contributed by atoms with Crippen LogP contribution in [0.15, 0.2) is 48.5 Å². The third kappa shape index (κ3) is 2.65. The van der Waals surface area contributed by atoms with E-state index < -0.39 is 0 Å². The van der Waals surface area contributed by atoms with Crippen LogP contribution in [0.2, 0.25) is 0 Å². The minimum Gasteiger partial charge on any atom is -0.384 e. The fourth-order valence-electron chi connectivity index (χ4n) is 2.46. The zero-order valence-corrected chi connectivity index (χ0v) is 12.0. The fraction of sp³-hybridized carbons (Fsp3) is 0.118. The van der Waals surface area contributed by atoms with E-state index in [1.807, 2.05) is 32.0 Å². The van der Waals surface area contributed by atoms with Gasteiger partial charge in [0, 0.05) is 11.6 Å². The Labute approximate surface area is 122 Å². The van der Waals surface area contributed by atoms with Gasteiger partial charge in [0.2, 0.25) is 0 Å². The molecule has 0 aliphatic heterocycles. The fourth-order valence-corrected chi connectivity index (χ4v) is 2.46. The first kappa shape index (κ1) is 13.4. The molecule has 0 fully saturated rings. The minimum atomic E-state index is -0.285. The molecule has 4 heteroatoms. The Morgan fingerprint density at radius 1 is 1.00 bits per heavy atom. The van der Waals surface area contributed by atoms with Crippen molar-refractivity contribution in [3.63, 3.8) is 0 Å². The monoisotopic (exact) mass is 281 g/mol. The van der Waals surface area contributed by atoms with Crippen LogP contribution in [0.5, 0.6) is 0 Å². The molecule has 0 saturated heterocycles. The maximum Gasteiger partial charge on any atom is 0.127 e. The second kappa shape index (κ2) is 5.05. The summed E-state index contributed by atoms with van der Waals surface area (Å²) < 4.78 is 15.0. The number of nitrogens with zero attached hydrogens (tertiary/aromatic N) is 2. The summed E-state index contributed by atoms with van der Waals surface area (Å²) in [5.74, 6) is 0.242. The molecule has 0 unspecified atom stereocenters. The van der Waals surface area contributed by atoms with Crippen LogP contribution in [0, 0.1) is 19.7 Å². The first-order valence-corrected chi connectivity index (χ1v) is 6.73. The third-order valence-electron chi connectivity index (χ3n) is 3.31. The normalized spacial score (nSPS) is 10.8. The van der Waals surface area contributed by atoms with Crippen LogP contribution in [-0.4, -0.2) is 9.78 Å². The van der Waals surface area contributed by atoms with E-state index in [0.29, 0.717) is 17.1 Å². The van der Waals surface area contributed by atoms with Crippen LogP contribution in [0.1, 0.15) is 11.1 Å². The number of aromatic nitrogens is 2. The Morgan fingerprint density at radius 3 is 2.38 bits per heavy atom. The Morgan fingerprint density at radius 2 is 1.71 bits per heavy atom. The van der Waals surface area contributed by atoms with Crippen molar-refractivity contribution in [2.75, 3.05) is 5.73 Å². The van der Waals surface area contributed by atoms with Crippen LogP contribution in [-0.2, 0) is 0 Å². The molecule has 0 aliphatic rings. The standard InChI is InChI=1S/C17H16FN3/c1-11-6-12(2)8-15(7-11)21-17(19)10-16(20-21)13-4-3-5-14(18)9-13/h3-10H,19H2,1-2H3. The van der Waals surface area contributed by atoms with Gasteiger partial charge in [-0.3, -0.25) is 0 Å². The predicted molar refractivity (Wildman–Crippen MR) is 82.8 cm³/mol. The first-order valence-electron chi connectivity index (χ1n) is 6.73. The largest absolute Gasteiger partial charge is 0.384 e. The maximum absolute atomic E-state index is 13.3. The molecule has 1 aromatic heterocycles. The highest BCUT2D eigenvalue weighted by molar-refractivity contribution is 5.63. The average Bonchev–Trinajstić information content (AvgIpc) is 2.80. The van der Waals surface area contributed by atoms with Gasteiger partial charge in [-0.25, -0.2) is 9.07 Å². The lowest BCUT2D eigenvalue weighted by atomic mass is 10.1. The summed E-state index contributed by atoms with van der Waals surface area (Å²) in [7, 11) is 0. The van der Waals surface area contributed by atoms with Crippen molar-refractivity contribution in [1.29, 1.82) is 0 Å². The Balaban J connectivity index is 2.09. The molecular weight excluding hydrogens is 265 g/mol. The third-order valence-corrected chi connectivity index (χ3v) is 3.31. The van der Waals surface area contributed by atoms with E-state index in [9.17, 15) is 4.39 Å². The van der Waals surface area contributed by atoms with E-state index in [4.69, 9.17) is 5.73 Å². The summed E-state index contributed by atoms with van der Waals surface area (Å²) in [6.45, 7) is 4.06. The molecule has 2 N–H and O–H groups in total. The van der Waals surface area contributed by atoms with Crippen LogP contribution >= 0.6 is 0 Å². The van der Waals surface area contributed by atoms with E-state index in [1.54, 1.807) is 16.8 Å². The summed E-state index contributed by atoms with van der Waals surface area (Å²) in [4.78, 5) is 0. The summed E-state index contributed by atoms with van der Waals surface area (Å²) >= 11 is 0. The van der Waals surface area contributed by atoms with Gasteiger partial charge in [0.1, 0.15) is 11.6 Å². The number of anilines is 1. The molecule has 106 valence electrons. The lowest BCUT2D eigenvalue weighted by molar-refractivity contribution is 0.628. The molecule has 0 atom stereocenters. The number of rotatable bonds is 2. The second-order valence-corrected chi connectivity index (χ2v) is 5.22.